The Balaban J connectivity index is 1.78. The van der Waals surface area contributed by atoms with Crippen LogP contribution in [0.5, 0.6) is 0 Å². The lowest BCUT2D eigenvalue weighted by molar-refractivity contribution is -0.137. The van der Waals surface area contributed by atoms with E-state index in [1.54, 1.807) is 42.5 Å². The molecule has 0 saturated heterocycles. The van der Waals surface area contributed by atoms with Gasteiger partial charge in [0.05, 0.1) is 5.56 Å². The second-order valence-corrected chi connectivity index (χ2v) is 7.13. The molecule has 0 atom stereocenters. The molecule has 0 saturated carbocycles. The van der Waals surface area contributed by atoms with E-state index in [9.17, 15) is 27.6 Å². The largest absolute Gasteiger partial charge is 0.416 e. The summed E-state index contributed by atoms with van der Waals surface area (Å²) < 4.78 is 38.6. The molecule has 0 fully saturated rings. The van der Waals surface area contributed by atoms with Crippen LogP contribution < -0.4 is 16.4 Å². The van der Waals surface area contributed by atoms with Gasteiger partial charge in [0.1, 0.15) is 0 Å². The SMILES string of the molecule is NC(=O)CCNC(=O)c1cccc(NC(=O)c2ccccc2-c2ccc(C(F)(F)F)cc2)c1. The Morgan fingerprint density at radius 2 is 1.55 bits per heavy atom. The van der Waals surface area contributed by atoms with Gasteiger partial charge in [0.25, 0.3) is 11.8 Å². The Kier molecular flexibility index (Phi) is 7.12. The summed E-state index contributed by atoms with van der Waals surface area (Å²) in [6, 6.07) is 17.3. The first-order chi connectivity index (χ1) is 15.6. The van der Waals surface area contributed by atoms with Gasteiger partial charge in [-0.05, 0) is 47.5 Å². The van der Waals surface area contributed by atoms with E-state index in [-0.39, 0.29) is 24.1 Å². The van der Waals surface area contributed by atoms with Crippen molar-refractivity contribution in [1.29, 1.82) is 0 Å². The summed E-state index contributed by atoms with van der Waals surface area (Å²) in [5, 5.41) is 5.26. The highest BCUT2D eigenvalue weighted by Crippen LogP contribution is 2.32. The molecule has 3 aromatic carbocycles. The standard InChI is InChI=1S/C24H20F3N3O3/c25-24(26,27)17-10-8-15(9-11-17)19-6-1-2-7-20(19)23(33)30-18-5-3-4-16(14-18)22(32)29-13-12-21(28)31/h1-11,14H,12-13H2,(H2,28,31)(H,29,32)(H,30,33). The first-order valence-electron chi connectivity index (χ1n) is 9.90. The van der Waals surface area contributed by atoms with Gasteiger partial charge in [0.15, 0.2) is 0 Å². The molecule has 3 aromatic rings. The first-order valence-corrected chi connectivity index (χ1v) is 9.90. The van der Waals surface area contributed by atoms with Crippen molar-refractivity contribution in [2.24, 2.45) is 5.73 Å². The van der Waals surface area contributed by atoms with Crippen LogP contribution in [0, 0.1) is 0 Å². The van der Waals surface area contributed by atoms with Gasteiger partial charge < -0.3 is 16.4 Å². The van der Waals surface area contributed by atoms with Gasteiger partial charge in [0, 0.05) is 29.8 Å². The minimum Gasteiger partial charge on any atom is -0.370 e. The van der Waals surface area contributed by atoms with Crippen LogP contribution in [0.25, 0.3) is 11.1 Å². The molecule has 3 amide bonds. The maximum absolute atomic E-state index is 12.9. The van der Waals surface area contributed by atoms with E-state index in [0.717, 1.165) is 12.1 Å². The molecule has 4 N–H and O–H groups in total. The average Bonchev–Trinajstić information content (AvgIpc) is 2.78. The van der Waals surface area contributed by atoms with E-state index in [2.05, 4.69) is 10.6 Å². The Morgan fingerprint density at radius 3 is 2.21 bits per heavy atom. The lowest BCUT2D eigenvalue weighted by Gasteiger charge is -2.12. The van der Waals surface area contributed by atoms with Crippen molar-refractivity contribution in [2.45, 2.75) is 12.6 Å². The Labute approximate surface area is 187 Å². The number of anilines is 1. The number of carbonyl (C=O) groups excluding carboxylic acids is 3. The maximum atomic E-state index is 12.9. The van der Waals surface area contributed by atoms with Gasteiger partial charge in [-0.2, -0.15) is 13.2 Å². The van der Waals surface area contributed by atoms with Crippen LogP contribution in [0.2, 0.25) is 0 Å². The van der Waals surface area contributed by atoms with Crippen molar-refractivity contribution >= 4 is 23.4 Å². The van der Waals surface area contributed by atoms with Gasteiger partial charge >= 0.3 is 6.18 Å². The van der Waals surface area contributed by atoms with Crippen molar-refractivity contribution in [3.63, 3.8) is 0 Å². The van der Waals surface area contributed by atoms with Crippen molar-refractivity contribution in [2.75, 3.05) is 11.9 Å². The van der Waals surface area contributed by atoms with E-state index < -0.39 is 29.5 Å². The molecule has 6 nitrogen and oxygen atoms in total. The van der Waals surface area contributed by atoms with E-state index in [0.29, 0.717) is 16.8 Å². The van der Waals surface area contributed by atoms with Crippen LogP contribution in [-0.4, -0.2) is 24.3 Å². The minimum atomic E-state index is -4.45. The molecule has 0 aromatic heterocycles. The molecule has 9 heteroatoms. The second kappa shape index (κ2) is 9.99. The zero-order valence-electron chi connectivity index (χ0n) is 17.3. The van der Waals surface area contributed by atoms with Gasteiger partial charge in [-0.1, -0.05) is 36.4 Å². The summed E-state index contributed by atoms with van der Waals surface area (Å²) in [4.78, 5) is 35.9. The normalized spacial score (nSPS) is 11.0. The quantitative estimate of drug-likeness (QED) is 0.497. The number of rotatable bonds is 7. The highest BCUT2D eigenvalue weighted by molar-refractivity contribution is 6.09. The number of halogens is 3. The first kappa shape index (κ1) is 23.5. The van der Waals surface area contributed by atoms with Crippen molar-refractivity contribution in [3.8, 4) is 11.1 Å². The molecular weight excluding hydrogens is 435 g/mol. The fraction of sp³-hybridized carbons (Fsp3) is 0.125. The van der Waals surface area contributed by atoms with Crippen LogP contribution in [0.15, 0.2) is 72.8 Å². The Hall–Kier alpha value is -4.14. The van der Waals surface area contributed by atoms with E-state index in [1.165, 1.54) is 18.2 Å². The summed E-state index contributed by atoms with van der Waals surface area (Å²) >= 11 is 0. The zero-order valence-corrected chi connectivity index (χ0v) is 17.3. The van der Waals surface area contributed by atoms with E-state index >= 15 is 0 Å². The van der Waals surface area contributed by atoms with Crippen LogP contribution in [0.4, 0.5) is 18.9 Å². The smallest absolute Gasteiger partial charge is 0.370 e. The average molecular weight is 455 g/mol. The molecule has 0 aliphatic rings. The van der Waals surface area contributed by atoms with Crippen molar-refractivity contribution in [3.05, 3.63) is 89.5 Å². The second-order valence-electron chi connectivity index (χ2n) is 7.13. The molecule has 0 spiro atoms. The maximum Gasteiger partial charge on any atom is 0.416 e. The number of nitrogens with two attached hydrogens (primary N) is 1. The van der Waals surface area contributed by atoms with Gasteiger partial charge in [-0.25, -0.2) is 0 Å². The lowest BCUT2D eigenvalue weighted by atomic mass is 9.98. The fourth-order valence-electron chi connectivity index (χ4n) is 3.11. The number of carbonyl (C=O) groups is 3. The van der Waals surface area contributed by atoms with Crippen LogP contribution in [-0.2, 0) is 11.0 Å². The number of alkyl halides is 3. The molecule has 170 valence electrons. The molecule has 0 unspecified atom stereocenters. The van der Waals surface area contributed by atoms with Crippen LogP contribution in [0.1, 0.15) is 32.7 Å². The summed E-state index contributed by atoms with van der Waals surface area (Å²) in [6.45, 7) is 0.0885. The number of benzene rings is 3. The number of nitrogens with one attached hydrogen (secondary N) is 2. The summed E-state index contributed by atoms with van der Waals surface area (Å²) in [7, 11) is 0. The molecule has 3 rings (SSSR count). The van der Waals surface area contributed by atoms with Crippen molar-refractivity contribution < 1.29 is 27.6 Å². The lowest BCUT2D eigenvalue weighted by Crippen LogP contribution is -2.27. The topological polar surface area (TPSA) is 101 Å². The molecule has 0 bridgehead atoms. The highest BCUT2D eigenvalue weighted by atomic mass is 19.4. The molecule has 0 radical (unpaired) electrons. The monoisotopic (exact) mass is 455 g/mol. The van der Waals surface area contributed by atoms with Crippen LogP contribution >= 0.6 is 0 Å². The molecule has 0 aliphatic carbocycles. The Bertz CT molecular complexity index is 1180. The van der Waals surface area contributed by atoms with Gasteiger partial charge in [0.2, 0.25) is 5.91 Å². The third-order valence-corrected chi connectivity index (χ3v) is 4.73. The summed E-state index contributed by atoms with van der Waals surface area (Å²) in [5.41, 5.74) is 6.06. The van der Waals surface area contributed by atoms with Gasteiger partial charge in [-0.15, -0.1) is 0 Å². The summed E-state index contributed by atoms with van der Waals surface area (Å²) in [5.74, 6) is -1.46. The predicted molar refractivity (Wildman–Crippen MR) is 117 cm³/mol. The third kappa shape index (κ3) is 6.19. The molecular formula is C24H20F3N3O3. The van der Waals surface area contributed by atoms with Crippen molar-refractivity contribution in [1.82, 2.24) is 5.32 Å². The highest BCUT2D eigenvalue weighted by Gasteiger charge is 2.30. The third-order valence-electron chi connectivity index (χ3n) is 4.73. The summed E-state index contributed by atoms with van der Waals surface area (Å²) in [6.07, 6.45) is -4.45. The van der Waals surface area contributed by atoms with Gasteiger partial charge in [-0.3, -0.25) is 14.4 Å². The molecule has 0 heterocycles. The van der Waals surface area contributed by atoms with E-state index in [1.807, 2.05) is 0 Å². The van der Waals surface area contributed by atoms with Crippen LogP contribution in [0.3, 0.4) is 0 Å². The number of hydrogen-bond donors (Lipinski definition) is 3. The minimum absolute atomic E-state index is 0.00288. The number of amides is 3. The number of primary amides is 1. The Morgan fingerprint density at radius 1 is 0.848 bits per heavy atom. The molecule has 0 aliphatic heterocycles. The fourth-order valence-corrected chi connectivity index (χ4v) is 3.11. The number of hydrogen-bond acceptors (Lipinski definition) is 3. The zero-order chi connectivity index (χ0) is 24.0. The molecule has 33 heavy (non-hydrogen) atoms. The predicted octanol–water partition coefficient (Wildman–Crippen LogP) is 4.23. The van der Waals surface area contributed by atoms with E-state index in [4.69, 9.17) is 5.73 Å².